The maximum atomic E-state index is 10.6. The average Bonchev–Trinajstić information content (AvgIpc) is 2.36. The molecule has 7 nitrogen and oxygen atoms in total. The van der Waals surface area contributed by atoms with Crippen molar-refractivity contribution in [2.24, 2.45) is 0 Å². The minimum Gasteiger partial charge on any atom is -0.378 e. The molecule has 0 aromatic carbocycles. The quantitative estimate of drug-likeness (QED) is 0.641. The zero-order valence-corrected chi connectivity index (χ0v) is 10.3. The van der Waals surface area contributed by atoms with Crippen molar-refractivity contribution < 1.29 is 4.92 Å². The molecule has 0 saturated heterocycles. The van der Waals surface area contributed by atoms with Crippen molar-refractivity contribution in [3.05, 3.63) is 51.8 Å². The van der Waals surface area contributed by atoms with Crippen LogP contribution in [0.5, 0.6) is 0 Å². The standard InChI is InChI=1S/C12H13N5O2/c1-8-3-2-4-9(15-8)7-14-11-6-5-10(17(18)19)12(13)16-11/h2-6H,7H2,1H3,(H3,13,14,16). The first-order valence-electron chi connectivity index (χ1n) is 5.63. The monoisotopic (exact) mass is 259 g/mol. The van der Waals surface area contributed by atoms with Gasteiger partial charge in [-0.25, -0.2) is 4.98 Å². The summed E-state index contributed by atoms with van der Waals surface area (Å²) in [6.45, 7) is 2.39. The number of anilines is 2. The fourth-order valence-corrected chi connectivity index (χ4v) is 1.60. The zero-order chi connectivity index (χ0) is 13.8. The van der Waals surface area contributed by atoms with Crippen LogP contribution in [0.2, 0.25) is 0 Å². The molecule has 0 fully saturated rings. The highest BCUT2D eigenvalue weighted by molar-refractivity contribution is 5.57. The zero-order valence-electron chi connectivity index (χ0n) is 10.3. The molecular weight excluding hydrogens is 246 g/mol. The number of nitrogens with one attached hydrogen (secondary N) is 1. The molecule has 0 spiro atoms. The molecule has 0 radical (unpaired) electrons. The lowest BCUT2D eigenvalue weighted by atomic mass is 10.3. The molecule has 0 atom stereocenters. The summed E-state index contributed by atoms with van der Waals surface area (Å²) < 4.78 is 0. The largest absolute Gasteiger partial charge is 0.378 e. The summed E-state index contributed by atoms with van der Waals surface area (Å²) in [5, 5.41) is 13.6. The Kier molecular flexibility index (Phi) is 3.56. The van der Waals surface area contributed by atoms with Gasteiger partial charge in [-0.05, 0) is 25.1 Å². The van der Waals surface area contributed by atoms with Gasteiger partial charge in [-0.3, -0.25) is 15.1 Å². The molecule has 0 bridgehead atoms. The van der Waals surface area contributed by atoms with Crippen molar-refractivity contribution in [1.29, 1.82) is 0 Å². The van der Waals surface area contributed by atoms with Crippen molar-refractivity contribution in [3.8, 4) is 0 Å². The molecule has 0 unspecified atom stereocenters. The summed E-state index contributed by atoms with van der Waals surface area (Å²) in [4.78, 5) is 18.3. The molecule has 0 amide bonds. The maximum absolute atomic E-state index is 10.6. The lowest BCUT2D eigenvalue weighted by molar-refractivity contribution is -0.384. The smallest absolute Gasteiger partial charge is 0.311 e. The first-order valence-corrected chi connectivity index (χ1v) is 5.63. The summed E-state index contributed by atoms with van der Waals surface area (Å²) in [5.74, 6) is 0.374. The predicted octanol–water partition coefficient (Wildman–Crippen LogP) is 1.89. The van der Waals surface area contributed by atoms with E-state index in [0.717, 1.165) is 11.4 Å². The van der Waals surface area contributed by atoms with E-state index in [0.29, 0.717) is 12.4 Å². The molecule has 7 heteroatoms. The third-order valence-electron chi connectivity index (χ3n) is 2.50. The summed E-state index contributed by atoms with van der Waals surface area (Å²) in [6, 6.07) is 8.55. The van der Waals surface area contributed by atoms with E-state index in [-0.39, 0.29) is 11.5 Å². The van der Waals surface area contributed by atoms with Crippen LogP contribution in [0.15, 0.2) is 30.3 Å². The first-order chi connectivity index (χ1) is 9.06. The van der Waals surface area contributed by atoms with Gasteiger partial charge >= 0.3 is 5.69 Å². The highest BCUT2D eigenvalue weighted by Crippen LogP contribution is 2.20. The van der Waals surface area contributed by atoms with Crippen LogP contribution in [0, 0.1) is 17.0 Å². The second-order valence-corrected chi connectivity index (χ2v) is 3.98. The number of nitrogens with zero attached hydrogens (tertiary/aromatic N) is 3. The van der Waals surface area contributed by atoms with Crippen molar-refractivity contribution in [2.75, 3.05) is 11.1 Å². The molecule has 19 heavy (non-hydrogen) atoms. The Labute approximate surface area is 109 Å². The summed E-state index contributed by atoms with van der Waals surface area (Å²) >= 11 is 0. The first kappa shape index (κ1) is 12.7. The van der Waals surface area contributed by atoms with Crippen LogP contribution in [0.4, 0.5) is 17.3 Å². The minimum absolute atomic E-state index is 0.104. The van der Waals surface area contributed by atoms with E-state index in [1.54, 1.807) is 0 Å². The van der Waals surface area contributed by atoms with Gasteiger partial charge in [0.2, 0.25) is 5.82 Å². The molecule has 98 valence electrons. The maximum Gasteiger partial charge on any atom is 0.311 e. The molecule has 0 aliphatic rings. The summed E-state index contributed by atoms with van der Waals surface area (Å²) in [5.41, 5.74) is 7.10. The van der Waals surface area contributed by atoms with Gasteiger partial charge in [0.25, 0.3) is 0 Å². The second-order valence-electron chi connectivity index (χ2n) is 3.98. The lowest BCUT2D eigenvalue weighted by Gasteiger charge is -2.06. The number of rotatable bonds is 4. The Hall–Kier alpha value is -2.70. The number of hydrogen-bond donors (Lipinski definition) is 2. The molecule has 2 heterocycles. The molecule has 3 N–H and O–H groups in total. The predicted molar refractivity (Wildman–Crippen MR) is 71.6 cm³/mol. The van der Waals surface area contributed by atoms with Crippen LogP contribution in [-0.4, -0.2) is 14.9 Å². The van der Waals surface area contributed by atoms with Crippen molar-refractivity contribution in [1.82, 2.24) is 9.97 Å². The number of aromatic nitrogens is 2. The molecule has 0 saturated carbocycles. The van der Waals surface area contributed by atoms with Gasteiger partial charge in [-0.1, -0.05) is 6.07 Å². The van der Waals surface area contributed by atoms with E-state index < -0.39 is 4.92 Å². The van der Waals surface area contributed by atoms with Crippen molar-refractivity contribution in [2.45, 2.75) is 13.5 Å². The molecule has 2 aromatic heterocycles. The van der Waals surface area contributed by atoms with Crippen LogP contribution in [0.1, 0.15) is 11.4 Å². The van der Waals surface area contributed by atoms with Crippen LogP contribution in [0.3, 0.4) is 0 Å². The number of aryl methyl sites for hydroxylation is 1. The number of nitrogens with two attached hydrogens (primary N) is 1. The molecule has 0 aliphatic carbocycles. The average molecular weight is 259 g/mol. The normalized spacial score (nSPS) is 10.2. The Morgan fingerprint density at radius 3 is 2.74 bits per heavy atom. The Bertz CT molecular complexity index is 615. The van der Waals surface area contributed by atoms with E-state index in [1.807, 2.05) is 25.1 Å². The van der Waals surface area contributed by atoms with Crippen LogP contribution < -0.4 is 11.1 Å². The molecular formula is C12H13N5O2. The van der Waals surface area contributed by atoms with Crippen LogP contribution in [-0.2, 0) is 6.54 Å². The fraction of sp³-hybridized carbons (Fsp3) is 0.167. The van der Waals surface area contributed by atoms with Crippen molar-refractivity contribution >= 4 is 17.3 Å². The minimum atomic E-state index is -0.561. The number of nitrogen functional groups attached to an aromatic ring is 1. The fourth-order valence-electron chi connectivity index (χ4n) is 1.60. The van der Waals surface area contributed by atoms with E-state index in [2.05, 4.69) is 15.3 Å². The Morgan fingerprint density at radius 2 is 2.11 bits per heavy atom. The SMILES string of the molecule is Cc1cccc(CNc2ccc([N+](=O)[O-])c(N)n2)n1. The van der Waals surface area contributed by atoms with Crippen molar-refractivity contribution in [3.63, 3.8) is 0 Å². The summed E-state index contributed by atoms with van der Waals surface area (Å²) in [6.07, 6.45) is 0. The van der Waals surface area contributed by atoms with Gasteiger partial charge in [-0.2, -0.15) is 0 Å². The van der Waals surface area contributed by atoms with Gasteiger partial charge in [0.05, 0.1) is 17.2 Å². The molecule has 2 aromatic rings. The summed E-state index contributed by atoms with van der Waals surface area (Å²) in [7, 11) is 0. The van der Waals surface area contributed by atoms with E-state index in [4.69, 9.17) is 5.73 Å². The van der Waals surface area contributed by atoms with Crippen LogP contribution >= 0.6 is 0 Å². The van der Waals surface area contributed by atoms with Gasteiger partial charge in [0, 0.05) is 11.8 Å². The number of nitro groups is 1. The number of hydrogen-bond acceptors (Lipinski definition) is 6. The van der Waals surface area contributed by atoms with Crippen LogP contribution in [0.25, 0.3) is 0 Å². The molecule has 0 aliphatic heterocycles. The van der Waals surface area contributed by atoms with Gasteiger partial charge in [0.1, 0.15) is 5.82 Å². The highest BCUT2D eigenvalue weighted by atomic mass is 16.6. The van der Waals surface area contributed by atoms with Gasteiger partial charge < -0.3 is 11.1 Å². The highest BCUT2D eigenvalue weighted by Gasteiger charge is 2.12. The Morgan fingerprint density at radius 1 is 1.32 bits per heavy atom. The van der Waals surface area contributed by atoms with E-state index in [9.17, 15) is 10.1 Å². The van der Waals surface area contributed by atoms with Gasteiger partial charge in [0.15, 0.2) is 0 Å². The third-order valence-corrected chi connectivity index (χ3v) is 2.50. The van der Waals surface area contributed by atoms with E-state index in [1.165, 1.54) is 12.1 Å². The van der Waals surface area contributed by atoms with E-state index >= 15 is 0 Å². The number of pyridine rings is 2. The third kappa shape index (κ3) is 3.15. The topological polar surface area (TPSA) is 107 Å². The lowest BCUT2D eigenvalue weighted by Crippen LogP contribution is -2.06. The van der Waals surface area contributed by atoms with Gasteiger partial charge in [-0.15, -0.1) is 0 Å². The molecule has 2 rings (SSSR count). The second kappa shape index (κ2) is 5.30. The Balaban J connectivity index is 2.08.